The third kappa shape index (κ3) is 2.28. The van der Waals surface area contributed by atoms with Gasteiger partial charge in [-0.05, 0) is 39.5 Å². The van der Waals surface area contributed by atoms with Gasteiger partial charge in [0.25, 0.3) is 0 Å². The molecular weight excluding hydrogens is 248 g/mol. The van der Waals surface area contributed by atoms with Gasteiger partial charge < -0.3 is 4.57 Å². The van der Waals surface area contributed by atoms with Gasteiger partial charge in [0.05, 0.1) is 18.1 Å². The van der Waals surface area contributed by atoms with Crippen molar-refractivity contribution in [2.75, 3.05) is 0 Å². The van der Waals surface area contributed by atoms with E-state index >= 15 is 0 Å². The molecule has 2 aromatic rings. The Hall–Kier alpha value is -1.90. The maximum atomic E-state index is 12.6. The van der Waals surface area contributed by atoms with Crippen molar-refractivity contribution in [2.45, 2.75) is 45.6 Å². The lowest BCUT2D eigenvalue weighted by molar-refractivity contribution is 0.0933. The van der Waals surface area contributed by atoms with Gasteiger partial charge in [-0.3, -0.25) is 4.79 Å². The molecule has 0 bridgehead atoms. The Morgan fingerprint density at radius 2 is 1.90 bits per heavy atom. The average molecular weight is 268 g/mol. The third-order valence-corrected chi connectivity index (χ3v) is 4.19. The van der Waals surface area contributed by atoms with Gasteiger partial charge in [0.2, 0.25) is 0 Å². The third-order valence-electron chi connectivity index (χ3n) is 4.19. The first-order valence-electron chi connectivity index (χ1n) is 7.32. The second-order valence-electron chi connectivity index (χ2n) is 5.66. The summed E-state index contributed by atoms with van der Waals surface area (Å²) in [4.78, 5) is 17.1. The van der Waals surface area contributed by atoms with Gasteiger partial charge >= 0.3 is 0 Å². The van der Waals surface area contributed by atoms with Crippen LogP contribution in [0.15, 0.2) is 30.6 Å². The molecule has 0 amide bonds. The van der Waals surface area contributed by atoms with Crippen LogP contribution in [0.1, 0.15) is 53.1 Å². The van der Waals surface area contributed by atoms with Crippen LogP contribution in [0.4, 0.5) is 0 Å². The monoisotopic (exact) mass is 268 g/mol. The predicted octanol–water partition coefficient (Wildman–Crippen LogP) is 3.51. The number of carbonyl (C=O) groups is 1. The number of Topliss-reactive ketones (excluding diaryl/α,β-unsaturated/α-hetero) is 1. The molecular formula is C17H20N2O. The minimum atomic E-state index is -0.174. The van der Waals surface area contributed by atoms with E-state index in [4.69, 9.17) is 0 Å². The molecule has 1 aliphatic rings. The summed E-state index contributed by atoms with van der Waals surface area (Å²) in [5.41, 5.74) is 4.39. The van der Waals surface area contributed by atoms with Crippen molar-refractivity contribution in [3.63, 3.8) is 0 Å². The average Bonchev–Trinajstić information content (AvgIpc) is 2.90. The number of hydrogen-bond donors (Lipinski definition) is 0. The van der Waals surface area contributed by atoms with Crippen LogP contribution < -0.4 is 0 Å². The van der Waals surface area contributed by atoms with Crippen molar-refractivity contribution in [3.8, 4) is 0 Å². The van der Waals surface area contributed by atoms with Crippen LogP contribution >= 0.6 is 0 Å². The summed E-state index contributed by atoms with van der Waals surface area (Å²) in [6.45, 7) is 4.00. The summed E-state index contributed by atoms with van der Waals surface area (Å²) in [7, 11) is 0. The molecule has 0 radical (unpaired) electrons. The first kappa shape index (κ1) is 13.1. The lowest BCUT2D eigenvalue weighted by Crippen LogP contribution is -2.19. The van der Waals surface area contributed by atoms with Crippen LogP contribution in [-0.4, -0.2) is 15.3 Å². The molecule has 20 heavy (non-hydrogen) atoms. The van der Waals surface area contributed by atoms with E-state index in [1.807, 2.05) is 44.4 Å². The van der Waals surface area contributed by atoms with Crippen LogP contribution in [-0.2, 0) is 12.8 Å². The summed E-state index contributed by atoms with van der Waals surface area (Å²) in [6.07, 6.45) is 6.34. The normalized spacial score (nSPS) is 15.7. The van der Waals surface area contributed by atoms with Gasteiger partial charge in [-0.1, -0.05) is 29.8 Å². The molecule has 0 fully saturated rings. The Morgan fingerprint density at radius 3 is 2.65 bits per heavy atom. The van der Waals surface area contributed by atoms with Crippen molar-refractivity contribution in [3.05, 3.63) is 53.1 Å². The predicted molar refractivity (Wildman–Crippen MR) is 79.1 cm³/mol. The van der Waals surface area contributed by atoms with Crippen LogP contribution in [0.5, 0.6) is 0 Å². The smallest absolute Gasteiger partial charge is 0.185 e. The van der Waals surface area contributed by atoms with E-state index in [2.05, 4.69) is 9.55 Å². The molecule has 0 spiro atoms. The number of nitrogens with zero attached hydrogens (tertiary/aromatic N) is 2. The highest BCUT2D eigenvalue weighted by atomic mass is 16.1. The number of carbonyl (C=O) groups excluding carboxylic acids is 1. The zero-order valence-electron chi connectivity index (χ0n) is 12.1. The van der Waals surface area contributed by atoms with Crippen molar-refractivity contribution in [2.24, 2.45) is 0 Å². The number of hydrogen-bond acceptors (Lipinski definition) is 2. The van der Waals surface area contributed by atoms with E-state index in [0.29, 0.717) is 0 Å². The number of benzene rings is 1. The first-order chi connectivity index (χ1) is 9.66. The molecule has 0 saturated carbocycles. The van der Waals surface area contributed by atoms with Crippen molar-refractivity contribution in [1.29, 1.82) is 0 Å². The van der Waals surface area contributed by atoms with E-state index in [-0.39, 0.29) is 11.8 Å². The van der Waals surface area contributed by atoms with Crippen molar-refractivity contribution < 1.29 is 4.79 Å². The fourth-order valence-electron chi connectivity index (χ4n) is 2.91. The quantitative estimate of drug-likeness (QED) is 0.798. The lowest BCUT2D eigenvalue weighted by atomic mass is 9.99. The van der Waals surface area contributed by atoms with Crippen LogP contribution in [0.2, 0.25) is 0 Å². The Kier molecular flexibility index (Phi) is 3.43. The molecule has 3 rings (SSSR count). The minimum Gasteiger partial charge on any atom is -0.324 e. The van der Waals surface area contributed by atoms with E-state index in [9.17, 15) is 4.79 Å². The highest BCUT2D eigenvalue weighted by Crippen LogP contribution is 2.24. The van der Waals surface area contributed by atoms with Gasteiger partial charge in [0.1, 0.15) is 0 Å². The summed E-state index contributed by atoms with van der Waals surface area (Å²) in [5, 5.41) is 0. The van der Waals surface area contributed by atoms with E-state index in [1.54, 1.807) is 0 Å². The van der Waals surface area contributed by atoms with Gasteiger partial charge in [0, 0.05) is 11.3 Å². The van der Waals surface area contributed by atoms with E-state index in [1.165, 1.54) is 29.8 Å². The number of rotatable bonds is 3. The van der Waals surface area contributed by atoms with Crippen molar-refractivity contribution >= 4 is 5.78 Å². The zero-order valence-corrected chi connectivity index (χ0v) is 12.1. The molecule has 104 valence electrons. The summed E-state index contributed by atoms with van der Waals surface area (Å²) >= 11 is 0. The standard InChI is InChI=1S/C17H20N2O/c1-12-7-9-14(10-8-12)17(20)13(2)19-11-18-15-5-3-4-6-16(15)19/h7-11,13H,3-6H2,1-2H3. The largest absolute Gasteiger partial charge is 0.324 e. The lowest BCUT2D eigenvalue weighted by Gasteiger charge is -2.18. The molecule has 0 aliphatic heterocycles. The summed E-state index contributed by atoms with van der Waals surface area (Å²) < 4.78 is 2.07. The van der Waals surface area contributed by atoms with Crippen molar-refractivity contribution in [1.82, 2.24) is 9.55 Å². The second-order valence-corrected chi connectivity index (χ2v) is 5.66. The summed E-state index contributed by atoms with van der Waals surface area (Å²) in [5.74, 6) is 0.163. The molecule has 1 aromatic heterocycles. The first-order valence-corrected chi connectivity index (χ1v) is 7.32. The maximum Gasteiger partial charge on any atom is 0.185 e. The molecule has 3 heteroatoms. The number of imidazole rings is 1. The summed E-state index contributed by atoms with van der Waals surface area (Å²) in [6, 6.07) is 7.63. The fraction of sp³-hybridized carbons (Fsp3) is 0.412. The molecule has 0 saturated heterocycles. The Morgan fingerprint density at radius 1 is 1.20 bits per heavy atom. The van der Waals surface area contributed by atoms with Gasteiger partial charge in [-0.25, -0.2) is 4.98 Å². The second kappa shape index (κ2) is 5.23. The molecule has 1 aliphatic carbocycles. The van der Waals surface area contributed by atoms with Gasteiger partial charge in [-0.15, -0.1) is 0 Å². The highest BCUT2D eigenvalue weighted by Gasteiger charge is 2.22. The van der Waals surface area contributed by atoms with E-state index < -0.39 is 0 Å². The van der Waals surface area contributed by atoms with E-state index in [0.717, 1.165) is 18.4 Å². The van der Waals surface area contributed by atoms with Crippen LogP contribution in [0.3, 0.4) is 0 Å². The topological polar surface area (TPSA) is 34.9 Å². The molecule has 1 atom stereocenters. The molecule has 1 heterocycles. The Bertz CT molecular complexity index is 625. The molecule has 1 aromatic carbocycles. The minimum absolute atomic E-state index is 0.163. The van der Waals surface area contributed by atoms with Gasteiger partial charge in [0.15, 0.2) is 5.78 Å². The van der Waals surface area contributed by atoms with Gasteiger partial charge in [-0.2, -0.15) is 0 Å². The molecule has 0 N–H and O–H groups in total. The SMILES string of the molecule is Cc1ccc(C(=O)C(C)n2cnc3c2CCCC3)cc1. The number of aryl methyl sites for hydroxylation is 2. The van der Waals surface area contributed by atoms with Crippen LogP contribution in [0, 0.1) is 6.92 Å². The number of fused-ring (bicyclic) bond motifs is 1. The Balaban J connectivity index is 1.88. The zero-order chi connectivity index (χ0) is 14.1. The number of ketones is 1. The highest BCUT2D eigenvalue weighted by molar-refractivity contribution is 5.98. The maximum absolute atomic E-state index is 12.6. The van der Waals surface area contributed by atoms with Crippen LogP contribution in [0.25, 0.3) is 0 Å². The molecule has 3 nitrogen and oxygen atoms in total. The number of aromatic nitrogens is 2. The fourth-order valence-corrected chi connectivity index (χ4v) is 2.91. The Labute approximate surface area is 119 Å². The molecule has 1 unspecified atom stereocenters.